The van der Waals surface area contributed by atoms with Crippen molar-refractivity contribution in [2.75, 3.05) is 18.0 Å². The second-order valence-corrected chi connectivity index (χ2v) is 5.09. The lowest BCUT2D eigenvalue weighted by Crippen LogP contribution is -2.39. The van der Waals surface area contributed by atoms with Crippen LogP contribution in [0.25, 0.3) is 0 Å². The van der Waals surface area contributed by atoms with E-state index in [1.807, 2.05) is 12.1 Å². The molecule has 0 aliphatic carbocycles. The van der Waals surface area contributed by atoms with Gasteiger partial charge in [0.1, 0.15) is 5.82 Å². The number of nitrogens with zero attached hydrogens (tertiary/aromatic N) is 2. The molecule has 5 heteroatoms. The highest BCUT2D eigenvalue weighted by Crippen LogP contribution is 2.25. The Morgan fingerprint density at radius 2 is 2.44 bits per heavy atom. The molecule has 0 amide bonds. The maximum atomic E-state index is 11.0. The van der Waals surface area contributed by atoms with Gasteiger partial charge < -0.3 is 10.0 Å². The first-order valence-corrected chi connectivity index (χ1v) is 6.34. The van der Waals surface area contributed by atoms with Gasteiger partial charge >= 0.3 is 5.97 Å². The van der Waals surface area contributed by atoms with Gasteiger partial charge in [-0.15, -0.1) is 0 Å². The molecule has 1 aliphatic heterocycles. The monoisotopic (exact) mass is 332 g/mol. The molecular formula is C11H13IN2O2. The van der Waals surface area contributed by atoms with E-state index in [1.54, 1.807) is 6.20 Å². The second kappa shape index (κ2) is 4.99. The van der Waals surface area contributed by atoms with Crippen LogP contribution < -0.4 is 4.90 Å². The van der Waals surface area contributed by atoms with Crippen LogP contribution in [0.3, 0.4) is 0 Å². The zero-order chi connectivity index (χ0) is 11.5. The number of pyridine rings is 1. The average Bonchev–Trinajstić information content (AvgIpc) is 2.30. The Morgan fingerprint density at radius 3 is 3.12 bits per heavy atom. The summed E-state index contributed by atoms with van der Waals surface area (Å²) in [5.74, 6) is -0.0451. The van der Waals surface area contributed by atoms with Crippen LogP contribution in [0.5, 0.6) is 0 Å². The summed E-state index contributed by atoms with van der Waals surface area (Å²) in [6.45, 7) is 1.47. The fraction of sp³-hybridized carbons (Fsp3) is 0.455. The summed E-state index contributed by atoms with van der Waals surface area (Å²) in [7, 11) is 0. The molecule has 16 heavy (non-hydrogen) atoms. The normalized spacial score (nSPS) is 20.8. The van der Waals surface area contributed by atoms with E-state index in [4.69, 9.17) is 5.11 Å². The predicted octanol–water partition coefficient (Wildman–Crippen LogP) is 1.99. The number of hydrogen-bond acceptors (Lipinski definition) is 3. The summed E-state index contributed by atoms with van der Waals surface area (Å²) in [6.07, 6.45) is 3.45. The fourth-order valence-corrected chi connectivity index (χ4v) is 2.67. The maximum Gasteiger partial charge on any atom is 0.308 e. The Bertz CT molecular complexity index is 397. The molecule has 0 aromatic carbocycles. The van der Waals surface area contributed by atoms with Crippen LogP contribution in [-0.2, 0) is 4.79 Å². The zero-order valence-electron chi connectivity index (χ0n) is 8.77. The summed E-state index contributed by atoms with van der Waals surface area (Å²) >= 11 is 2.24. The van der Waals surface area contributed by atoms with Crippen molar-refractivity contribution in [3.63, 3.8) is 0 Å². The topological polar surface area (TPSA) is 53.4 Å². The number of rotatable bonds is 2. The number of carbonyl (C=O) groups is 1. The number of anilines is 1. The van der Waals surface area contributed by atoms with Crippen LogP contribution in [0.2, 0.25) is 0 Å². The van der Waals surface area contributed by atoms with Crippen molar-refractivity contribution in [1.29, 1.82) is 0 Å². The Hall–Kier alpha value is -0.850. The van der Waals surface area contributed by atoms with Gasteiger partial charge in [0.2, 0.25) is 0 Å². The molecule has 1 atom stereocenters. The van der Waals surface area contributed by atoms with E-state index in [9.17, 15) is 4.79 Å². The van der Waals surface area contributed by atoms with Gasteiger partial charge in [0.25, 0.3) is 0 Å². The van der Waals surface area contributed by atoms with Crippen molar-refractivity contribution >= 4 is 34.4 Å². The second-order valence-electron chi connectivity index (χ2n) is 3.93. The highest BCUT2D eigenvalue weighted by Gasteiger charge is 2.26. The quantitative estimate of drug-likeness (QED) is 0.842. The number of aliphatic carboxylic acids is 1. The molecule has 0 radical (unpaired) electrons. The van der Waals surface area contributed by atoms with Crippen LogP contribution in [0, 0.1) is 9.49 Å². The molecule has 1 aromatic rings. The molecule has 0 bridgehead atoms. The summed E-state index contributed by atoms with van der Waals surface area (Å²) < 4.78 is 1.08. The first-order chi connectivity index (χ1) is 7.68. The third-order valence-corrected chi connectivity index (χ3v) is 3.65. The van der Waals surface area contributed by atoms with Gasteiger partial charge in [-0.05, 0) is 47.6 Å². The Labute approximate surface area is 108 Å². The highest BCUT2D eigenvalue weighted by atomic mass is 127. The molecule has 1 unspecified atom stereocenters. The van der Waals surface area contributed by atoms with Crippen molar-refractivity contribution in [2.24, 2.45) is 5.92 Å². The van der Waals surface area contributed by atoms with Gasteiger partial charge in [-0.2, -0.15) is 0 Å². The number of piperidine rings is 1. The minimum Gasteiger partial charge on any atom is -0.481 e. The largest absolute Gasteiger partial charge is 0.481 e. The maximum absolute atomic E-state index is 11.0. The van der Waals surface area contributed by atoms with Crippen molar-refractivity contribution in [3.8, 4) is 0 Å². The SMILES string of the molecule is O=C(O)C1CCCN(c2ncccc2I)C1. The Balaban J connectivity index is 2.16. The van der Waals surface area contributed by atoms with E-state index in [0.29, 0.717) is 6.54 Å². The summed E-state index contributed by atoms with van der Waals surface area (Å²) in [6, 6.07) is 3.89. The van der Waals surface area contributed by atoms with Crippen LogP contribution in [0.15, 0.2) is 18.3 Å². The Morgan fingerprint density at radius 1 is 1.62 bits per heavy atom. The standard InChI is InChI=1S/C11H13IN2O2/c12-9-4-1-5-13-10(9)14-6-2-3-8(7-14)11(15)16/h1,4-5,8H,2-3,6-7H2,(H,15,16). The van der Waals surface area contributed by atoms with E-state index < -0.39 is 5.97 Å². The highest BCUT2D eigenvalue weighted by molar-refractivity contribution is 14.1. The van der Waals surface area contributed by atoms with Crippen LogP contribution in [0.4, 0.5) is 5.82 Å². The molecule has 2 rings (SSSR count). The molecule has 1 N–H and O–H groups in total. The molecule has 1 saturated heterocycles. The smallest absolute Gasteiger partial charge is 0.308 e. The van der Waals surface area contributed by atoms with Crippen LogP contribution in [-0.4, -0.2) is 29.1 Å². The first-order valence-electron chi connectivity index (χ1n) is 5.27. The van der Waals surface area contributed by atoms with Crippen LogP contribution in [0.1, 0.15) is 12.8 Å². The van der Waals surface area contributed by atoms with E-state index in [-0.39, 0.29) is 5.92 Å². The first kappa shape index (κ1) is 11.6. The van der Waals surface area contributed by atoms with Gasteiger partial charge in [-0.25, -0.2) is 4.98 Å². The molecule has 1 aromatic heterocycles. The van der Waals surface area contributed by atoms with Gasteiger partial charge in [-0.1, -0.05) is 0 Å². The van der Waals surface area contributed by atoms with Crippen molar-refractivity contribution in [1.82, 2.24) is 4.98 Å². The van der Waals surface area contributed by atoms with E-state index in [2.05, 4.69) is 32.5 Å². The third-order valence-electron chi connectivity index (χ3n) is 2.81. The predicted molar refractivity (Wildman–Crippen MR) is 69.5 cm³/mol. The van der Waals surface area contributed by atoms with Gasteiger partial charge in [-0.3, -0.25) is 4.79 Å². The number of aromatic nitrogens is 1. The third kappa shape index (κ3) is 2.45. The van der Waals surface area contributed by atoms with E-state index in [0.717, 1.165) is 28.8 Å². The summed E-state index contributed by atoms with van der Waals surface area (Å²) in [5.41, 5.74) is 0. The number of halogens is 1. The van der Waals surface area contributed by atoms with Gasteiger partial charge in [0, 0.05) is 19.3 Å². The van der Waals surface area contributed by atoms with Crippen molar-refractivity contribution in [2.45, 2.75) is 12.8 Å². The molecule has 1 fully saturated rings. The Kier molecular flexibility index (Phi) is 3.63. The lowest BCUT2D eigenvalue weighted by atomic mass is 9.98. The van der Waals surface area contributed by atoms with Crippen molar-refractivity contribution in [3.05, 3.63) is 21.9 Å². The summed E-state index contributed by atoms with van der Waals surface area (Å²) in [5, 5.41) is 9.02. The number of hydrogen-bond donors (Lipinski definition) is 1. The van der Waals surface area contributed by atoms with E-state index >= 15 is 0 Å². The molecule has 86 valence electrons. The zero-order valence-corrected chi connectivity index (χ0v) is 10.9. The lowest BCUT2D eigenvalue weighted by molar-refractivity contribution is -0.141. The van der Waals surface area contributed by atoms with Gasteiger partial charge in [0.05, 0.1) is 9.49 Å². The molecule has 4 nitrogen and oxygen atoms in total. The molecule has 0 spiro atoms. The minimum atomic E-state index is -0.698. The summed E-state index contributed by atoms with van der Waals surface area (Å²) in [4.78, 5) is 17.4. The molecular weight excluding hydrogens is 319 g/mol. The van der Waals surface area contributed by atoms with E-state index in [1.165, 1.54) is 0 Å². The van der Waals surface area contributed by atoms with Crippen molar-refractivity contribution < 1.29 is 9.90 Å². The van der Waals surface area contributed by atoms with Crippen LogP contribution >= 0.6 is 22.6 Å². The number of carboxylic acid groups (broad SMARTS) is 1. The minimum absolute atomic E-state index is 0.258. The molecule has 2 heterocycles. The molecule has 0 saturated carbocycles. The average molecular weight is 332 g/mol. The van der Waals surface area contributed by atoms with Gasteiger partial charge in [0.15, 0.2) is 0 Å². The lowest BCUT2D eigenvalue weighted by Gasteiger charge is -2.32. The fourth-order valence-electron chi connectivity index (χ4n) is 1.98. The number of carboxylic acids is 1. The molecule has 1 aliphatic rings.